The van der Waals surface area contributed by atoms with Crippen molar-refractivity contribution in [2.24, 2.45) is 0 Å². The molecule has 1 atom stereocenters. The van der Waals surface area contributed by atoms with Crippen molar-refractivity contribution >= 4 is 17.5 Å². The second kappa shape index (κ2) is 6.43. The van der Waals surface area contributed by atoms with Gasteiger partial charge < -0.3 is 9.73 Å². The molecule has 0 aliphatic carbocycles. The van der Waals surface area contributed by atoms with E-state index in [0.717, 1.165) is 11.3 Å². The Morgan fingerprint density at radius 3 is 2.68 bits per heavy atom. The highest BCUT2D eigenvalue weighted by atomic mass is 35.5. The van der Waals surface area contributed by atoms with Crippen molar-refractivity contribution in [3.05, 3.63) is 59.0 Å². The number of amides is 1. The van der Waals surface area contributed by atoms with Crippen LogP contribution in [0, 0.1) is 0 Å². The first-order valence-corrected chi connectivity index (χ1v) is 6.60. The lowest BCUT2D eigenvalue weighted by Crippen LogP contribution is -2.26. The van der Waals surface area contributed by atoms with E-state index in [1.165, 1.54) is 0 Å². The van der Waals surface area contributed by atoms with Crippen LogP contribution in [-0.2, 0) is 11.2 Å². The van der Waals surface area contributed by atoms with Gasteiger partial charge in [0.25, 0.3) is 0 Å². The van der Waals surface area contributed by atoms with E-state index < -0.39 is 0 Å². The maximum atomic E-state index is 11.8. The van der Waals surface area contributed by atoms with E-state index in [-0.39, 0.29) is 11.9 Å². The van der Waals surface area contributed by atoms with Crippen molar-refractivity contribution in [1.29, 1.82) is 0 Å². The highest BCUT2D eigenvalue weighted by Crippen LogP contribution is 2.16. The molecule has 1 heterocycles. The molecular weight excluding hydrogens is 262 g/mol. The lowest BCUT2D eigenvalue weighted by Gasteiger charge is -2.14. The average Bonchev–Trinajstić information content (AvgIpc) is 2.90. The van der Waals surface area contributed by atoms with Crippen molar-refractivity contribution in [3.8, 4) is 0 Å². The molecule has 0 saturated heterocycles. The van der Waals surface area contributed by atoms with Gasteiger partial charge in [-0.05, 0) is 36.8 Å². The predicted octanol–water partition coefficient (Wildman–Crippen LogP) is 3.74. The zero-order valence-electron chi connectivity index (χ0n) is 10.7. The summed E-state index contributed by atoms with van der Waals surface area (Å²) in [5.74, 6) is 0.841. The van der Waals surface area contributed by atoms with Crippen molar-refractivity contribution in [2.75, 3.05) is 0 Å². The minimum atomic E-state index is -0.0265. The van der Waals surface area contributed by atoms with E-state index in [2.05, 4.69) is 5.32 Å². The van der Waals surface area contributed by atoms with Gasteiger partial charge >= 0.3 is 0 Å². The SMILES string of the molecule is CC(NC(=O)CCc1ccco1)c1ccc(Cl)cc1. The van der Waals surface area contributed by atoms with Crippen LogP contribution in [0.15, 0.2) is 47.1 Å². The molecule has 1 unspecified atom stereocenters. The van der Waals surface area contributed by atoms with Gasteiger partial charge in [-0.1, -0.05) is 23.7 Å². The Morgan fingerprint density at radius 1 is 1.32 bits per heavy atom. The maximum absolute atomic E-state index is 11.8. The van der Waals surface area contributed by atoms with Gasteiger partial charge in [-0.3, -0.25) is 4.79 Å². The number of furan rings is 1. The van der Waals surface area contributed by atoms with Gasteiger partial charge in [-0.25, -0.2) is 0 Å². The summed E-state index contributed by atoms with van der Waals surface area (Å²) in [5, 5.41) is 3.65. The molecule has 3 nitrogen and oxygen atoms in total. The summed E-state index contributed by atoms with van der Waals surface area (Å²) in [5.41, 5.74) is 1.04. The van der Waals surface area contributed by atoms with Crippen LogP contribution in [0.4, 0.5) is 0 Å². The molecule has 1 aromatic heterocycles. The first-order chi connectivity index (χ1) is 9.15. The molecule has 0 aliphatic rings. The molecule has 0 saturated carbocycles. The first-order valence-electron chi connectivity index (χ1n) is 6.22. The summed E-state index contributed by atoms with van der Waals surface area (Å²) in [4.78, 5) is 11.8. The third-order valence-electron chi connectivity index (χ3n) is 2.93. The fraction of sp³-hybridized carbons (Fsp3) is 0.267. The Balaban J connectivity index is 1.83. The fourth-order valence-corrected chi connectivity index (χ4v) is 1.97. The Bertz CT molecular complexity index is 520. The quantitative estimate of drug-likeness (QED) is 0.904. The number of carbonyl (C=O) groups excluding carboxylic acids is 1. The molecule has 1 N–H and O–H groups in total. The van der Waals surface area contributed by atoms with Crippen molar-refractivity contribution in [2.45, 2.75) is 25.8 Å². The predicted molar refractivity (Wildman–Crippen MR) is 75.0 cm³/mol. The summed E-state index contributed by atoms with van der Waals surface area (Å²) < 4.78 is 5.19. The molecule has 0 radical (unpaired) electrons. The van der Waals surface area contributed by atoms with Gasteiger partial charge in [-0.2, -0.15) is 0 Å². The van der Waals surface area contributed by atoms with Crippen LogP contribution in [0.25, 0.3) is 0 Å². The smallest absolute Gasteiger partial charge is 0.220 e. The van der Waals surface area contributed by atoms with E-state index in [1.54, 1.807) is 6.26 Å². The lowest BCUT2D eigenvalue weighted by atomic mass is 10.1. The van der Waals surface area contributed by atoms with E-state index in [4.69, 9.17) is 16.0 Å². The van der Waals surface area contributed by atoms with Crippen LogP contribution < -0.4 is 5.32 Å². The number of hydrogen-bond donors (Lipinski definition) is 1. The number of aryl methyl sites for hydroxylation is 1. The molecule has 1 aromatic carbocycles. The van der Waals surface area contributed by atoms with Crippen LogP contribution in [0.1, 0.15) is 30.7 Å². The number of hydrogen-bond acceptors (Lipinski definition) is 2. The van der Waals surface area contributed by atoms with Crippen LogP contribution in [0.3, 0.4) is 0 Å². The summed E-state index contributed by atoms with van der Waals surface area (Å²) in [7, 11) is 0. The van der Waals surface area contributed by atoms with Crippen LogP contribution >= 0.6 is 11.6 Å². The fourth-order valence-electron chi connectivity index (χ4n) is 1.84. The van der Waals surface area contributed by atoms with Crippen molar-refractivity contribution in [1.82, 2.24) is 5.32 Å². The zero-order valence-corrected chi connectivity index (χ0v) is 11.5. The standard InChI is InChI=1S/C15H16ClNO2/c1-11(12-4-6-13(16)7-5-12)17-15(18)9-8-14-3-2-10-19-14/h2-7,10-11H,8-9H2,1H3,(H,17,18). The third-order valence-corrected chi connectivity index (χ3v) is 3.18. The van der Waals surface area contributed by atoms with Crippen molar-refractivity contribution in [3.63, 3.8) is 0 Å². The Morgan fingerprint density at radius 2 is 2.05 bits per heavy atom. The molecule has 0 aliphatic heterocycles. The van der Waals surface area contributed by atoms with Gasteiger partial charge in [0, 0.05) is 17.9 Å². The molecule has 0 bridgehead atoms. The van der Waals surface area contributed by atoms with Crippen LogP contribution in [0.5, 0.6) is 0 Å². The number of halogens is 1. The molecule has 19 heavy (non-hydrogen) atoms. The summed E-state index contributed by atoms with van der Waals surface area (Å²) in [6.07, 6.45) is 2.65. The number of nitrogens with one attached hydrogen (secondary N) is 1. The molecule has 2 rings (SSSR count). The summed E-state index contributed by atoms with van der Waals surface area (Å²) >= 11 is 5.83. The Kier molecular flexibility index (Phi) is 4.63. The molecule has 100 valence electrons. The second-order valence-electron chi connectivity index (χ2n) is 4.42. The highest BCUT2D eigenvalue weighted by molar-refractivity contribution is 6.30. The number of rotatable bonds is 5. The second-order valence-corrected chi connectivity index (χ2v) is 4.86. The normalized spacial score (nSPS) is 12.1. The molecule has 1 amide bonds. The van der Waals surface area contributed by atoms with E-state index >= 15 is 0 Å². The van der Waals surface area contributed by atoms with Gasteiger partial charge in [-0.15, -0.1) is 0 Å². The van der Waals surface area contributed by atoms with Gasteiger partial charge in [0.05, 0.1) is 12.3 Å². The number of benzene rings is 1. The minimum absolute atomic E-state index is 0.0128. The molecule has 0 spiro atoms. The van der Waals surface area contributed by atoms with E-state index in [1.807, 2.05) is 43.3 Å². The van der Waals surface area contributed by atoms with Gasteiger partial charge in [0.2, 0.25) is 5.91 Å². The topological polar surface area (TPSA) is 42.2 Å². The van der Waals surface area contributed by atoms with E-state index in [0.29, 0.717) is 17.9 Å². The summed E-state index contributed by atoms with van der Waals surface area (Å²) in [6.45, 7) is 1.95. The third kappa shape index (κ3) is 4.14. The Hall–Kier alpha value is -1.74. The average molecular weight is 278 g/mol. The zero-order chi connectivity index (χ0) is 13.7. The highest BCUT2D eigenvalue weighted by Gasteiger charge is 2.10. The lowest BCUT2D eigenvalue weighted by molar-refractivity contribution is -0.121. The van der Waals surface area contributed by atoms with Crippen LogP contribution in [0.2, 0.25) is 5.02 Å². The maximum Gasteiger partial charge on any atom is 0.220 e. The van der Waals surface area contributed by atoms with E-state index in [9.17, 15) is 4.79 Å². The van der Waals surface area contributed by atoms with Gasteiger partial charge in [0.1, 0.15) is 5.76 Å². The molecule has 2 aromatic rings. The minimum Gasteiger partial charge on any atom is -0.469 e. The first kappa shape index (κ1) is 13.7. The van der Waals surface area contributed by atoms with Gasteiger partial charge in [0.15, 0.2) is 0 Å². The monoisotopic (exact) mass is 277 g/mol. The molecule has 0 fully saturated rings. The Labute approximate surface area is 117 Å². The molecule has 4 heteroatoms. The molecular formula is C15H16ClNO2. The largest absolute Gasteiger partial charge is 0.469 e. The number of carbonyl (C=O) groups is 1. The summed E-state index contributed by atoms with van der Waals surface area (Å²) in [6, 6.07) is 11.1. The van der Waals surface area contributed by atoms with Crippen LogP contribution in [-0.4, -0.2) is 5.91 Å². The van der Waals surface area contributed by atoms with Crippen molar-refractivity contribution < 1.29 is 9.21 Å².